The molecular weight excluding hydrogens is 422 g/mol. The van der Waals surface area contributed by atoms with E-state index in [1.165, 1.54) is 9.47 Å². The molecule has 0 bridgehead atoms. The topological polar surface area (TPSA) is 101 Å². The molecule has 9 heteroatoms. The van der Waals surface area contributed by atoms with Gasteiger partial charge in [-0.15, -0.1) is 0 Å². The van der Waals surface area contributed by atoms with E-state index in [9.17, 15) is 19.5 Å². The van der Waals surface area contributed by atoms with Crippen LogP contribution in [0.4, 0.5) is 9.59 Å². The van der Waals surface area contributed by atoms with Crippen LogP contribution >= 0.6 is 11.6 Å². The number of carboxylic acid groups (broad SMARTS) is 1. The van der Waals surface area contributed by atoms with Crippen LogP contribution in [0, 0.1) is 5.92 Å². The number of nitrogens with zero attached hydrogens (tertiary/aromatic N) is 2. The zero-order valence-corrected chi connectivity index (χ0v) is 18.3. The van der Waals surface area contributed by atoms with Gasteiger partial charge in [0.05, 0.1) is 5.69 Å². The van der Waals surface area contributed by atoms with E-state index in [1.54, 1.807) is 39.0 Å². The van der Waals surface area contributed by atoms with Crippen molar-refractivity contribution in [3.05, 3.63) is 46.6 Å². The second kappa shape index (κ2) is 7.60. The molecule has 2 N–H and O–H groups in total. The minimum Gasteiger partial charge on any atom is -0.465 e. The monoisotopic (exact) mass is 445 g/mol. The number of halogens is 1. The number of likely N-dealkylation sites (tertiary alicyclic amines) is 1. The summed E-state index contributed by atoms with van der Waals surface area (Å²) in [5.41, 5.74) is 1.75. The van der Waals surface area contributed by atoms with E-state index in [1.807, 2.05) is 12.1 Å². The molecule has 1 fully saturated rings. The van der Waals surface area contributed by atoms with Crippen LogP contribution in [0.15, 0.2) is 30.3 Å². The van der Waals surface area contributed by atoms with Crippen LogP contribution in [0.25, 0.3) is 11.3 Å². The highest BCUT2D eigenvalue weighted by Gasteiger charge is 2.40. The average molecular weight is 446 g/mol. The molecule has 0 radical (unpaired) electrons. The molecule has 0 unspecified atom stereocenters. The van der Waals surface area contributed by atoms with Crippen molar-refractivity contribution < 1.29 is 24.2 Å². The van der Waals surface area contributed by atoms with E-state index >= 15 is 0 Å². The molecule has 164 valence electrons. The number of nitrogens with one attached hydrogen (secondary N) is 1. The lowest BCUT2D eigenvalue weighted by Crippen LogP contribution is -2.31. The van der Waals surface area contributed by atoms with Crippen molar-refractivity contribution >= 4 is 29.7 Å². The van der Waals surface area contributed by atoms with E-state index < -0.39 is 17.8 Å². The van der Waals surface area contributed by atoms with E-state index in [-0.39, 0.29) is 22.9 Å². The fraction of sp³-hybridized carbons (Fsp3) is 0.409. The Hall–Kier alpha value is -3.00. The van der Waals surface area contributed by atoms with Gasteiger partial charge in [-0.2, -0.15) is 0 Å². The van der Waals surface area contributed by atoms with Crippen LogP contribution in [0.5, 0.6) is 0 Å². The van der Waals surface area contributed by atoms with Gasteiger partial charge in [0.2, 0.25) is 0 Å². The third-order valence-corrected chi connectivity index (χ3v) is 5.93. The van der Waals surface area contributed by atoms with E-state index in [0.29, 0.717) is 36.5 Å². The number of amides is 2. The summed E-state index contributed by atoms with van der Waals surface area (Å²) < 4.78 is 6.74. The number of carbonyl (C=O) groups is 3. The van der Waals surface area contributed by atoms with Gasteiger partial charge >= 0.3 is 12.2 Å². The van der Waals surface area contributed by atoms with Crippen LogP contribution < -0.4 is 5.32 Å². The van der Waals surface area contributed by atoms with Crippen LogP contribution in [0.2, 0.25) is 5.15 Å². The molecule has 2 aromatic rings. The molecule has 0 spiro atoms. The van der Waals surface area contributed by atoms with Gasteiger partial charge < -0.3 is 20.1 Å². The molecule has 31 heavy (non-hydrogen) atoms. The first-order valence-electron chi connectivity index (χ1n) is 10.1. The Morgan fingerprint density at radius 1 is 1.19 bits per heavy atom. The Bertz CT molecular complexity index is 1070. The largest absolute Gasteiger partial charge is 0.465 e. The van der Waals surface area contributed by atoms with Crippen molar-refractivity contribution in [1.82, 2.24) is 14.8 Å². The smallest absolute Gasteiger partial charge is 0.420 e. The predicted octanol–water partition coefficient (Wildman–Crippen LogP) is 4.03. The van der Waals surface area contributed by atoms with Gasteiger partial charge in [0.1, 0.15) is 10.8 Å². The summed E-state index contributed by atoms with van der Waals surface area (Å²) in [6.07, 6.45) is -1.56. The molecule has 2 aliphatic heterocycles. The fourth-order valence-electron chi connectivity index (χ4n) is 4.27. The summed E-state index contributed by atoms with van der Waals surface area (Å²) in [5.74, 6) is -0.262. The van der Waals surface area contributed by atoms with Gasteiger partial charge in [-0.1, -0.05) is 23.7 Å². The summed E-state index contributed by atoms with van der Waals surface area (Å²) >= 11 is 6.26. The Kier molecular flexibility index (Phi) is 5.21. The third-order valence-electron chi connectivity index (χ3n) is 5.64. The highest BCUT2D eigenvalue weighted by Crippen LogP contribution is 2.38. The van der Waals surface area contributed by atoms with E-state index in [0.717, 1.165) is 5.56 Å². The van der Waals surface area contributed by atoms with Crippen LogP contribution in [0.3, 0.4) is 0 Å². The summed E-state index contributed by atoms with van der Waals surface area (Å²) in [6.45, 7) is 6.46. The zero-order chi connectivity index (χ0) is 22.5. The number of rotatable bonds is 1. The van der Waals surface area contributed by atoms with Gasteiger partial charge in [0, 0.05) is 37.0 Å². The fourth-order valence-corrected chi connectivity index (χ4v) is 4.49. The summed E-state index contributed by atoms with van der Waals surface area (Å²) in [6, 6.07) is 8.70. The minimum atomic E-state index is -0.956. The maximum Gasteiger partial charge on any atom is 0.420 e. The number of fused-ring (bicyclic) bond motifs is 3. The van der Waals surface area contributed by atoms with Gasteiger partial charge in [-0.25, -0.2) is 14.2 Å². The molecular formula is C22H24ClN3O5. The van der Waals surface area contributed by atoms with Crippen LogP contribution in [-0.4, -0.2) is 57.9 Å². The normalized spacial score (nSPS) is 20.5. The lowest BCUT2D eigenvalue weighted by Gasteiger charge is -2.21. The third kappa shape index (κ3) is 3.99. The second-order valence-electron chi connectivity index (χ2n) is 8.92. The van der Waals surface area contributed by atoms with Gasteiger partial charge in [-0.05, 0) is 50.1 Å². The van der Waals surface area contributed by atoms with E-state index in [2.05, 4.69) is 5.32 Å². The lowest BCUT2D eigenvalue weighted by atomic mass is 9.86. The number of hydrogen-bond acceptors (Lipinski definition) is 4. The average Bonchev–Trinajstić information content (AvgIpc) is 3.25. The molecule has 4 rings (SSSR count). The van der Waals surface area contributed by atoms with Crippen LogP contribution in [-0.2, 0) is 4.74 Å². The zero-order valence-electron chi connectivity index (χ0n) is 17.5. The summed E-state index contributed by atoms with van der Waals surface area (Å²) in [7, 11) is 0. The first-order valence-corrected chi connectivity index (χ1v) is 10.4. The number of hydrogen-bond donors (Lipinski definition) is 2. The highest BCUT2D eigenvalue weighted by atomic mass is 35.5. The maximum absolute atomic E-state index is 12.8. The van der Waals surface area contributed by atoms with Gasteiger partial charge in [-0.3, -0.25) is 4.79 Å². The molecule has 1 aromatic heterocycles. The summed E-state index contributed by atoms with van der Waals surface area (Å²) in [4.78, 5) is 38.3. The first-order chi connectivity index (χ1) is 14.5. The Morgan fingerprint density at radius 3 is 2.61 bits per heavy atom. The molecule has 2 aliphatic rings. The standard InChI is InChI=1S/C22H24ClN3O5/c1-22(2,3)31-21(30)26-17(6-7-18(26)23)12-4-5-14-15(8-12)19(27)24-9-13-10-25(20(28)29)11-16(13)14/h4-8,13,16H,9-11H2,1-3H3,(H,24,27)(H,28,29)/t13-,16-/m0/s1. The molecule has 2 atom stereocenters. The van der Waals surface area contributed by atoms with Gasteiger partial charge in [0.15, 0.2) is 0 Å². The summed E-state index contributed by atoms with van der Waals surface area (Å²) in [5, 5.41) is 12.5. The number of ether oxygens (including phenoxy) is 1. The minimum absolute atomic E-state index is 0.0206. The van der Waals surface area contributed by atoms with Crippen molar-refractivity contribution in [2.45, 2.75) is 32.3 Å². The van der Waals surface area contributed by atoms with Crippen molar-refractivity contribution in [1.29, 1.82) is 0 Å². The number of aromatic nitrogens is 1. The van der Waals surface area contributed by atoms with Crippen molar-refractivity contribution in [2.24, 2.45) is 5.92 Å². The maximum atomic E-state index is 12.8. The molecule has 1 saturated heterocycles. The van der Waals surface area contributed by atoms with Crippen molar-refractivity contribution in [3.8, 4) is 11.3 Å². The number of benzene rings is 1. The van der Waals surface area contributed by atoms with Crippen molar-refractivity contribution in [2.75, 3.05) is 19.6 Å². The molecule has 0 aliphatic carbocycles. The Balaban J connectivity index is 1.74. The molecule has 0 saturated carbocycles. The van der Waals surface area contributed by atoms with Crippen molar-refractivity contribution in [3.63, 3.8) is 0 Å². The molecule has 2 amide bonds. The quantitative estimate of drug-likeness (QED) is 0.690. The predicted molar refractivity (Wildman–Crippen MR) is 115 cm³/mol. The SMILES string of the molecule is CC(C)(C)OC(=O)n1c(Cl)ccc1-c1ccc2c(c1)C(=O)NC[C@H]1CN(C(=O)O)C[C@H]21. The molecule has 1 aromatic carbocycles. The van der Waals surface area contributed by atoms with Gasteiger partial charge in [0.25, 0.3) is 5.91 Å². The lowest BCUT2D eigenvalue weighted by molar-refractivity contribution is 0.0540. The number of carbonyl (C=O) groups excluding carboxylic acids is 2. The van der Waals surface area contributed by atoms with E-state index in [4.69, 9.17) is 16.3 Å². The Labute approximate surface area is 184 Å². The Morgan fingerprint density at radius 2 is 1.94 bits per heavy atom. The highest BCUT2D eigenvalue weighted by molar-refractivity contribution is 6.30. The second-order valence-corrected chi connectivity index (χ2v) is 9.31. The molecule has 8 nitrogen and oxygen atoms in total. The first kappa shape index (κ1) is 21.2. The molecule has 3 heterocycles. The van der Waals surface area contributed by atoms with Crippen LogP contribution in [0.1, 0.15) is 42.6 Å².